The lowest BCUT2D eigenvalue weighted by atomic mass is 10.0. The molecule has 1 N–H and O–H groups in total. The zero-order valence-corrected chi connectivity index (χ0v) is 12.9. The van der Waals surface area contributed by atoms with Crippen molar-refractivity contribution in [2.45, 2.75) is 51.1 Å². The number of hydrogen-bond acceptors (Lipinski definition) is 5. The molecule has 1 aromatic rings. The van der Waals surface area contributed by atoms with Gasteiger partial charge in [-0.2, -0.15) is 0 Å². The second kappa shape index (κ2) is 5.08. The lowest BCUT2D eigenvalue weighted by molar-refractivity contribution is 0.0899. The molecule has 0 aromatic carbocycles. The molecule has 0 radical (unpaired) electrons. The second-order valence-corrected chi connectivity index (χ2v) is 8.44. The van der Waals surface area contributed by atoms with Crippen molar-refractivity contribution < 1.29 is 13.2 Å². The predicted octanol–water partition coefficient (Wildman–Crippen LogP) is 0.311. The molecule has 1 amide bonds. The van der Waals surface area contributed by atoms with Gasteiger partial charge in [-0.15, -0.1) is 10.2 Å². The summed E-state index contributed by atoms with van der Waals surface area (Å²) in [5, 5.41) is 10.9. The zero-order valence-electron chi connectivity index (χ0n) is 12.1. The smallest absolute Gasteiger partial charge is 0.289 e. The molecule has 1 saturated heterocycles. The molecular formula is C13H20N4O3S. The largest absolute Gasteiger partial charge is 0.343 e. The number of nitrogens with one attached hydrogen (secondary N) is 1. The van der Waals surface area contributed by atoms with E-state index in [1.807, 2.05) is 4.57 Å². The number of fused-ring (bicyclic) bond motifs is 1. The van der Waals surface area contributed by atoms with Crippen molar-refractivity contribution in [3.8, 4) is 0 Å². The van der Waals surface area contributed by atoms with Crippen LogP contribution < -0.4 is 5.32 Å². The van der Waals surface area contributed by atoms with Gasteiger partial charge in [0, 0.05) is 13.0 Å². The fraction of sp³-hybridized carbons (Fsp3) is 0.769. The van der Waals surface area contributed by atoms with Crippen LogP contribution in [0.3, 0.4) is 0 Å². The Labute approximate surface area is 124 Å². The average Bonchev–Trinajstić information content (AvgIpc) is 2.81. The number of amides is 1. The molecule has 1 fully saturated rings. The van der Waals surface area contributed by atoms with Crippen LogP contribution in [0.5, 0.6) is 0 Å². The van der Waals surface area contributed by atoms with Gasteiger partial charge in [-0.05, 0) is 26.2 Å². The molecule has 3 heterocycles. The number of hydrogen-bond donors (Lipinski definition) is 1. The lowest BCUT2D eigenvalue weighted by Gasteiger charge is -2.23. The summed E-state index contributed by atoms with van der Waals surface area (Å²) >= 11 is 0. The maximum atomic E-state index is 12.4. The predicted molar refractivity (Wildman–Crippen MR) is 76.7 cm³/mol. The SMILES string of the molecule is CC1(NC(=O)c2nnc3n2CCCCC3)CCS(=O)(=O)C1. The molecule has 3 rings (SSSR count). The molecule has 0 spiro atoms. The highest BCUT2D eigenvalue weighted by Crippen LogP contribution is 2.23. The van der Waals surface area contributed by atoms with E-state index in [0.717, 1.165) is 38.1 Å². The number of rotatable bonds is 2. The molecule has 0 aliphatic carbocycles. The van der Waals surface area contributed by atoms with Gasteiger partial charge in [-0.3, -0.25) is 4.79 Å². The van der Waals surface area contributed by atoms with Gasteiger partial charge in [0.2, 0.25) is 5.82 Å². The summed E-state index contributed by atoms with van der Waals surface area (Å²) in [6.45, 7) is 2.52. The van der Waals surface area contributed by atoms with E-state index < -0.39 is 15.4 Å². The van der Waals surface area contributed by atoms with Crippen LogP contribution in [0.2, 0.25) is 0 Å². The number of sulfone groups is 1. The van der Waals surface area contributed by atoms with Crippen molar-refractivity contribution in [3.05, 3.63) is 11.6 Å². The van der Waals surface area contributed by atoms with Crippen LogP contribution in [0, 0.1) is 0 Å². The van der Waals surface area contributed by atoms with E-state index in [9.17, 15) is 13.2 Å². The number of carbonyl (C=O) groups excluding carboxylic acids is 1. The van der Waals surface area contributed by atoms with E-state index in [0.29, 0.717) is 12.2 Å². The van der Waals surface area contributed by atoms with Crippen LogP contribution in [-0.2, 0) is 22.8 Å². The second-order valence-electron chi connectivity index (χ2n) is 6.26. The molecule has 1 unspecified atom stereocenters. The van der Waals surface area contributed by atoms with Crippen LogP contribution in [0.1, 0.15) is 49.1 Å². The topological polar surface area (TPSA) is 93.9 Å². The summed E-state index contributed by atoms with van der Waals surface area (Å²) in [5.74, 6) is 0.948. The van der Waals surface area contributed by atoms with Crippen molar-refractivity contribution in [3.63, 3.8) is 0 Å². The third-order valence-corrected chi connectivity index (χ3v) is 6.13. The third kappa shape index (κ3) is 2.95. The maximum absolute atomic E-state index is 12.4. The summed E-state index contributed by atoms with van der Waals surface area (Å²) in [5.41, 5.74) is -0.701. The molecule has 2 aliphatic rings. The minimum Gasteiger partial charge on any atom is -0.343 e. The first kappa shape index (κ1) is 14.5. The van der Waals surface area contributed by atoms with Gasteiger partial charge >= 0.3 is 0 Å². The Hall–Kier alpha value is -1.44. The Bertz CT molecular complexity index is 667. The Morgan fingerprint density at radius 3 is 2.81 bits per heavy atom. The van der Waals surface area contributed by atoms with E-state index in [-0.39, 0.29) is 17.4 Å². The molecule has 0 saturated carbocycles. The van der Waals surface area contributed by atoms with Gasteiger partial charge in [0.25, 0.3) is 5.91 Å². The van der Waals surface area contributed by atoms with Crippen LogP contribution >= 0.6 is 0 Å². The van der Waals surface area contributed by atoms with E-state index in [1.165, 1.54) is 0 Å². The highest BCUT2D eigenvalue weighted by atomic mass is 32.2. The normalized spacial score (nSPS) is 27.9. The van der Waals surface area contributed by atoms with E-state index >= 15 is 0 Å². The molecule has 2 aliphatic heterocycles. The van der Waals surface area contributed by atoms with Crippen molar-refractivity contribution in [2.24, 2.45) is 0 Å². The van der Waals surface area contributed by atoms with Crippen LogP contribution in [0.25, 0.3) is 0 Å². The molecule has 0 bridgehead atoms. The number of carbonyl (C=O) groups is 1. The molecule has 21 heavy (non-hydrogen) atoms. The quantitative estimate of drug-likeness (QED) is 0.848. The first-order chi connectivity index (χ1) is 9.89. The Balaban J connectivity index is 1.79. The Kier molecular flexibility index (Phi) is 3.51. The standard InChI is InChI=1S/C13H20N4O3S/c1-13(6-8-21(19,20)9-13)14-12(18)11-16-15-10-5-3-2-4-7-17(10)11/h2-9H2,1H3,(H,14,18). The fourth-order valence-corrected chi connectivity index (χ4v) is 5.19. The molecule has 1 aromatic heterocycles. The summed E-state index contributed by atoms with van der Waals surface area (Å²) in [4.78, 5) is 12.4. The molecule has 1 atom stereocenters. The number of nitrogens with zero attached hydrogens (tertiary/aromatic N) is 3. The molecule has 7 nitrogen and oxygen atoms in total. The Morgan fingerprint density at radius 2 is 2.10 bits per heavy atom. The van der Waals surface area contributed by atoms with Crippen LogP contribution in [0.4, 0.5) is 0 Å². The average molecular weight is 312 g/mol. The van der Waals surface area contributed by atoms with Gasteiger partial charge in [-0.25, -0.2) is 8.42 Å². The summed E-state index contributed by atoms with van der Waals surface area (Å²) < 4.78 is 25.1. The maximum Gasteiger partial charge on any atom is 0.289 e. The van der Waals surface area contributed by atoms with E-state index in [1.54, 1.807) is 6.92 Å². The lowest BCUT2D eigenvalue weighted by Crippen LogP contribution is -2.47. The van der Waals surface area contributed by atoms with Gasteiger partial charge in [0.1, 0.15) is 5.82 Å². The first-order valence-corrected chi connectivity index (χ1v) is 9.16. The first-order valence-electron chi connectivity index (χ1n) is 7.34. The summed E-state index contributed by atoms with van der Waals surface area (Å²) in [6, 6.07) is 0. The van der Waals surface area contributed by atoms with Gasteiger partial charge < -0.3 is 9.88 Å². The summed E-state index contributed by atoms with van der Waals surface area (Å²) in [6.07, 6.45) is 4.49. The van der Waals surface area contributed by atoms with E-state index in [4.69, 9.17) is 0 Å². The monoisotopic (exact) mass is 312 g/mol. The van der Waals surface area contributed by atoms with Gasteiger partial charge in [0.15, 0.2) is 9.84 Å². The van der Waals surface area contributed by atoms with Crippen molar-refractivity contribution in [2.75, 3.05) is 11.5 Å². The van der Waals surface area contributed by atoms with Gasteiger partial charge in [-0.1, -0.05) is 6.42 Å². The highest BCUT2D eigenvalue weighted by molar-refractivity contribution is 7.91. The minimum absolute atomic E-state index is 0.00721. The Morgan fingerprint density at radius 1 is 1.29 bits per heavy atom. The minimum atomic E-state index is -3.05. The van der Waals surface area contributed by atoms with Crippen molar-refractivity contribution >= 4 is 15.7 Å². The van der Waals surface area contributed by atoms with Crippen molar-refractivity contribution in [1.82, 2.24) is 20.1 Å². The molecule has 8 heteroatoms. The highest BCUT2D eigenvalue weighted by Gasteiger charge is 2.40. The van der Waals surface area contributed by atoms with Crippen LogP contribution in [0.15, 0.2) is 0 Å². The third-order valence-electron chi connectivity index (χ3n) is 4.23. The zero-order chi connectivity index (χ0) is 15.1. The number of aryl methyl sites for hydroxylation is 1. The van der Waals surface area contributed by atoms with Crippen molar-refractivity contribution in [1.29, 1.82) is 0 Å². The number of aromatic nitrogens is 3. The van der Waals surface area contributed by atoms with Gasteiger partial charge in [0.05, 0.1) is 17.0 Å². The van der Waals surface area contributed by atoms with E-state index in [2.05, 4.69) is 15.5 Å². The molecular weight excluding hydrogens is 292 g/mol. The summed E-state index contributed by atoms with van der Waals surface area (Å²) in [7, 11) is -3.05. The molecule has 116 valence electrons. The van der Waals surface area contributed by atoms with Crippen LogP contribution in [-0.4, -0.2) is 46.1 Å². The fourth-order valence-electron chi connectivity index (χ4n) is 3.09.